The number of non-ortho nitro benzene ring substituents is 1. The summed E-state index contributed by atoms with van der Waals surface area (Å²) in [4.78, 5) is 37.9. The molecular weight excluding hydrogens is 326 g/mol. The molecule has 8 nitrogen and oxygen atoms in total. The smallest absolute Gasteiger partial charge is 0.270 e. The van der Waals surface area contributed by atoms with E-state index in [9.17, 15) is 24.8 Å². The number of benzene rings is 2. The van der Waals surface area contributed by atoms with Gasteiger partial charge in [0, 0.05) is 23.1 Å². The summed E-state index contributed by atoms with van der Waals surface area (Å²) < 4.78 is 0. The number of nitrogens with one attached hydrogen (secondary N) is 1. The molecular formula is C17H10N3O5-. The highest BCUT2D eigenvalue weighted by Gasteiger charge is 2.17. The van der Waals surface area contributed by atoms with Crippen molar-refractivity contribution in [2.24, 2.45) is 0 Å². The molecule has 8 heteroatoms. The number of aromatic carboxylic acids is 1. The Morgan fingerprint density at radius 3 is 2.52 bits per heavy atom. The molecule has 0 bridgehead atoms. The van der Waals surface area contributed by atoms with Crippen LogP contribution in [0, 0.1) is 10.1 Å². The van der Waals surface area contributed by atoms with E-state index in [0.29, 0.717) is 5.69 Å². The predicted octanol–water partition coefficient (Wildman–Crippen LogP) is 1.76. The molecule has 0 unspecified atom stereocenters. The number of hydrogen-bond acceptors (Lipinski definition) is 6. The number of nitro groups is 1. The molecule has 1 aromatic heterocycles. The van der Waals surface area contributed by atoms with E-state index >= 15 is 0 Å². The van der Waals surface area contributed by atoms with Crippen molar-refractivity contribution < 1.29 is 19.6 Å². The Hall–Kier alpha value is -3.81. The second kappa shape index (κ2) is 6.36. The number of carboxylic acids is 1. The Labute approximate surface area is 140 Å². The summed E-state index contributed by atoms with van der Waals surface area (Å²) in [5.41, 5.74) is -0.128. The summed E-state index contributed by atoms with van der Waals surface area (Å²) in [6.07, 6.45) is 1.41. The van der Waals surface area contributed by atoms with Gasteiger partial charge in [-0.15, -0.1) is 0 Å². The zero-order chi connectivity index (χ0) is 18.0. The first kappa shape index (κ1) is 16.1. The molecule has 124 valence electrons. The van der Waals surface area contributed by atoms with Crippen molar-refractivity contribution in [2.75, 3.05) is 5.32 Å². The zero-order valence-corrected chi connectivity index (χ0v) is 12.6. The predicted molar refractivity (Wildman–Crippen MR) is 87.1 cm³/mol. The van der Waals surface area contributed by atoms with Gasteiger partial charge in [0.1, 0.15) is 0 Å². The number of amides is 1. The summed E-state index contributed by atoms with van der Waals surface area (Å²) in [7, 11) is 0. The van der Waals surface area contributed by atoms with Crippen LogP contribution in [0.25, 0.3) is 10.9 Å². The lowest BCUT2D eigenvalue weighted by Gasteiger charge is -2.11. The Morgan fingerprint density at radius 1 is 1.04 bits per heavy atom. The van der Waals surface area contributed by atoms with Crippen LogP contribution in [-0.2, 0) is 0 Å². The molecule has 25 heavy (non-hydrogen) atoms. The average molecular weight is 336 g/mol. The molecule has 0 saturated carbocycles. The summed E-state index contributed by atoms with van der Waals surface area (Å²) in [5.74, 6) is -2.41. The van der Waals surface area contributed by atoms with Crippen molar-refractivity contribution in [3.05, 3.63) is 76.0 Å². The van der Waals surface area contributed by atoms with Gasteiger partial charge in [-0.05, 0) is 18.2 Å². The van der Waals surface area contributed by atoms with E-state index in [2.05, 4.69) is 10.3 Å². The Kier molecular flexibility index (Phi) is 4.09. The topological polar surface area (TPSA) is 125 Å². The van der Waals surface area contributed by atoms with Gasteiger partial charge in [-0.3, -0.25) is 19.9 Å². The summed E-state index contributed by atoms with van der Waals surface area (Å²) >= 11 is 0. The van der Waals surface area contributed by atoms with Crippen LogP contribution in [0.4, 0.5) is 11.4 Å². The average Bonchev–Trinajstić information content (AvgIpc) is 2.60. The maximum Gasteiger partial charge on any atom is 0.270 e. The minimum atomic E-state index is -1.60. The lowest BCUT2D eigenvalue weighted by molar-refractivity contribution is -0.384. The molecule has 0 aliphatic rings. The summed E-state index contributed by atoms with van der Waals surface area (Å²) in [5, 5.41) is 25.3. The molecule has 3 rings (SSSR count). The number of carboxylic acid groups (broad SMARTS) is 1. The third-order valence-corrected chi connectivity index (χ3v) is 3.53. The Morgan fingerprint density at radius 2 is 1.80 bits per heavy atom. The molecule has 0 radical (unpaired) electrons. The third kappa shape index (κ3) is 3.27. The highest BCUT2D eigenvalue weighted by Crippen LogP contribution is 2.21. The van der Waals surface area contributed by atoms with Crippen LogP contribution in [0.2, 0.25) is 0 Å². The molecule has 1 N–H and O–H groups in total. The number of carbonyl (C=O) groups excluding carboxylic acids is 2. The van der Waals surface area contributed by atoms with Gasteiger partial charge in [0.15, 0.2) is 0 Å². The highest BCUT2D eigenvalue weighted by molar-refractivity contribution is 6.11. The van der Waals surface area contributed by atoms with Crippen molar-refractivity contribution >= 4 is 34.2 Å². The molecule has 0 spiro atoms. The van der Waals surface area contributed by atoms with E-state index in [0.717, 1.165) is 29.1 Å². The Balaban J connectivity index is 1.97. The fraction of sp³-hybridized carbons (Fsp3) is 0. The molecule has 0 saturated heterocycles. The largest absolute Gasteiger partial charge is 0.545 e. The van der Waals surface area contributed by atoms with Crippen molar-refractivity contribution in [3.8, 4) is 0 Å². The third-order valence-electron chi connectivity index (χ3n) is 3.53. The van der Waals surface area contributed by atoms with Crippen LogP contribution in [0.3, 0.4) is 0 Å². The number of aromatic nitrogens is 1. The van der Waals surface area contributed by atoms with Crippen LogP contribution in [0.1, 0.15) is 20.7 Å². The summed E-state index contributed by atoms with van der Waals surface area (Å²) in [6, 6.07) is 11.8. The van der Waals surface area contributed by atoms with Gasteiger partial charge < -0.3 is 15.2 Å². The van der Waals surface area contributed by atoms with Gasteiger partial charge >= 0.3 is 0 Å². The second-order valence-corrected chi connectivity index (χ2v) is 5.15. The number of pyridine rings is 1. The molecule has 1 heterocycles. The van der Waals surface area contributed by atoms with Crippen LogP contribution < -0.4 is 10.4 Å². The van der Waals surface area contributed by atoms with E-state index in [4.69, 9.17) is 0 Å². The fourth-order valence-electron chi connectivity index (χ4n) is 2.35. The Bertz CT molecular complexity index is 1020. The first-order valence-corrected chi connectivity index (χ1v) is 7.11. The van der Waals surface area contributed by atoms with Crippen LogP contribution in [-0.4, -0.2) is 21.8 Å². The molecule has 0 aliphatic heterocycles. The molecule has 0 aliphatic carbocycles. The van der Waals surface area contributed by atoms with Gasteiger partial charge in [0.25, 0.3) is 11.6 Å². The standard InChI is InChI=1S/C17H11N3O5/c21-16(14-8-12(20(24)25)5-6-13(14)17(22)23)19-11-7-10-3-1-2-4-15(10)18-9-11/h1-9H,(H,19,21)(H,22,23)/p-1. The van der Waals surface area contributed by atoms with Gasteiger partial charge in [-0.1, -0.05) is 18.2 Å². The maximum absolute atomic E-state index is 12.4. The molecule has 0 fully saturated rings. The van der Waals surface area contributed by atoms with Crippen LogP contribution in [0.5, 0.6) is 0 Å². The van der Waals surface area contributed by atoms with Crippen LogP contribution in [0.15, 0.2) is 54.7 Å². The van der Waals surface area contributed by atoms with Crippen LogP contribution >= 0.6 is 0 Å². The van der Waals surface area contributed by atoms with Gasteiger partial charge in [0.2, 0.25) is 0 Å². The number of fused-ring (bicyclic) bond motifs is 1. The van der Waals surface area contributed by atoms with Crippen molar-refractivity contribution in [1.82, 2.24) is 4.98 Å². The molecule has 1 amide bonds. The van der Waals surface area contributed by atoms with E-state index in [1.807, 2.05) is 12.1 Å². The van der Waals surface area contributed by atoms with E-state index in [-0.39, 0.29) is 5.56 Å². The van der Waals surface area contributed by atoms with Gasteiger partial charge in [-0.25, -0.2) is 0 Å². The maximum atomic E-state index is 12.4. The quantitative estimate of drug-likeness (QED) is 0.571. The monoisotopic (exact) mass is 336 g/mol. The lowest BCUT2D eigenvalue weighted by Crippen LogP contribution is -2.26. The molecule has 0 atom stereocenters. The second-order valence-electron chi connectivity index (χ2n) is 5.15. The first-order chi connectivity index (χ1) is 12.0. The molecule has 3 aromatic rings. The zero-order valence-electron chi connectivity index (χ0n) is 12.6. The van der Waals surface area contributed by atoms with E-state index in [1.54, 1.807) is 18.2 Å². The minimum absolute atomic E-state index is 0.333. The minimum Gasteiger partial charge on any atom is -0.545 e. The number of hydrogen-bond donors (Lipinski definition) is 1. The van der Waals surface area contributed by atoms with E-state index in [1.165, 1.54) is 6.20 Å². The van der Waals surface area contributed by atoms with Crippen molar-refractivity contribution in [1.29, 1.82) is 0 Å². The normalized spacial score (nSPS) is 10.4. The number of anilines is 1. The molecule has 2 aromatic carbocycles. The fourth-order valence-corrected chi connectivity index (χ4v) is 2.35. The summed E-state index contributed by atoms with van der Waals surface area (Å²) in [6.45, 7) is 0. The van der Waals surface area contributed by atoms with E-state index < -0.39 is 28.1 Å². The van der Waals surface area contributed by atoms with Crippen molar-refractivity contribution in [2.45, 2.75) is 0 Å². The number of para-hydroxylation sites is 1. The number of carbonyl (C=O) groups is 2. The van der Waals surface area contributed by atoms with Gasteiger partial charge in [-0.2, -0.15) is 0 Å². The SMILES string of the molecule is O=C([O-])c1ccc([N+](=O)[O-])cc1C(=O)Nc1cnc2ccccc2c1. The lowest BCUT2D eigenvalue weighted by atomic mass is 10.1. The van der Waals surface area contributed by atoms with Crippen molar-refractivity contribution in [3.63, 3.8) is 0 Å². The number of nitro benzene ring substituents is 1. The number of nitrogens with zero attached hydrogens (tertiary/aromatic N) is 2. The van der Waals surface area contributed by atoms with Gasteiger partial charge in [0.05, 0.1) is 33.9 Å². The number of rotatable bonds is 4. The highest BCUT2D eigenvalue weighted by atomic mass is 16.6. The first-order valence-electron chi connectivity index (χ1n) is 7.11.